The Morgan fingerprint density at radius 3 is 2.68 bits per heavy atom. The summed E-state index contributed by atoms with van der Waals surface area (Å²) < 4.78 is 5.70. The summed E-state index contributed by atoms with van der Waals surface area (Å²) in [6.07, 6.45) is 0. The van der Waals surface area contributed by atoms with Crippen molar-refractivity contribution < 1.29 is 19.4 Å². The van der Waals surface area contributed by atoms with Crippen LogP contribution in [0, 0.1) is 0 Å². The molecule has 0 saturated heterocycles. The van der Waals surface area contributed by atoms with E-state index in [1.165, 1.54) is 0 Å². The Kier molecular flexibility index (Phi) is 3.62. The van der Waals surface area contributed by atoms with Crippen molar-refractivity contribution in [3.63, 3.8) is 0 Å². The van der Waals surface area contributed by atoms with Crippen LogP contribution in [0.15, 0.2) is 36.4 Å². The first-order valence-electron chi connectivity index (χ1n) is 6.80. The first-order valence-corrected chi connectivity index (χ1v) is 7.18. The Morgan fingerprint density at radius 2 is 1.95 bits per heavy atom. The van der Waals surface area contributed by atoms with Crippen LogP contribution in [0.5, 0.6) is 5.75 Å². The molecule has 4 nitrogen and oxygen atoms in total. The number of ketones is 1. The summed E-state index contributed by atoms with van der Waals surface area (Å²) in [5.41, 5.74) is 2.31. The second-order valence-corrected chi connectivity index (χ2v) is 5.67. The number of hydrogen-bond donors (Lipinski definition) is 1. The molecule has 1 N–H and O–H groups in total. The van der Waals surface area contributed by atoms with E-state index in [4.69, 9.17) is 21.4 Å². The molecule has 1 heterocycles. The monoisotopic (exact) mass is 316 g/mol. The first kappa shape index (κ1) is 14.6. The highest BCUT2D eigenvalue weighted by atomic mass is 35.5. The highest BCUT2D eigenvalue weighted by molar-refractivity contribution is 6.30. The van der Waals surface area contributed by atoms with Crippen molar-refractivity contribution in [2.75, 3.05) is 0 Å². The van der Waals surface area contributed by atoms with E-state index in [-0.39, 0.29) is 12.4 Å². The summed E-state index contributed by atoms with van der Waals surface area (Å²) >= 11 is 5.96. The van der Waals surface area contributed by atoms with E-state index < -0.39 is 11.9 Å². The highest BCUT2D eigenvalue weighted by Crippen LogP contribution is 2.32. The molecule has 0 saturated carbocycles. The molecule has 0 spiro atoms. The van der Waals surface area contributed by atoms with Gasteiger partial charge in [-0.25, -0.2) is 0 Å². The van der Waals surface area contributed by atoms with Crippen LogP contribution in [0.2, 0.25) is 5.02 Å². The van der Waals surface area contributed by atoms with Gasteiger partial charge in [-0.3, -0.25) is 9.59 Å². The zero-order valence-corrected chi connectivity index (χ0v) is 12.6. The van der Waals surface area contributed by atoms with Gasteiger partial charge in [0.05, 0.1) is 11.5 Å². The maximum atomic E-state index is 12.6. The minimum absolute atomic E-state index is 0.145. The van der Waals surface area contributed by atoms with Gasteiger partial charge in [-0.2, -0.15) is 0 Å². The summed E-state index contributed by atoms with van der Waals surface area (Å²) in [6, 6.07) is 9.97. The second kappa shape index (κ2) is 5.46. The summed E-state index contributed by atoms with van der Waals surface area (Å²) in [6.45, 7) is 1.82. The van der Waals surface area contributed by atoms with Gasteiger partial charge in [0.2, 0.25) is 0 Å². The van der Waals surface area contributed by atoms with Gasteiger partial charge < -0.3 is 9.84 Å². The molecule has 22 heavy (non-hydrogen) atoms. The van der Waals surface area contributed by atoms with Crippen molar-refractivity contribution >= 4 is 23.4 Å². The molecule has 0 unspecified atom stereocenters. The smallest absolute Gasteiger partial charge is 0.310 e. The fourth-order valence-corrected chi connectivity index (χ4v) is 2.66. The van der Waals surface area contributed by atoms with Crippen LogP contribution >= 0.6 is 11.6 Å². The lowest BCUT2D eigenvalue weighted by Gasteiger charge is -2.11. The normalized spacial score (nSPS) is 14.4. The van der Waals surface area contributed by atoms with Crippen LogP contribution in [0.4, 0.5) is 0 Å². The Balaban J connectivity index is 2.06. The predicted octanol–water partition coefficient (Wildman–Crippen LogP) is 3.65. The quantitative estimate of drug-likeness (QED) is 0.918. The Morgan fingerprint density at radius 1 is 1.23 bits per heavy atom. The van der Waals surface area contributed by atoms with Gasteiger partial charge in [0.1, 0.15) is 12.4 Å². The number of benzene rings is 2. The molecule has 5 heteroatoms. The van der Waals surface area contributed by atoms with Crippen molar-refractivity contribution in [3.8, 4) is 5.75 Å². The highest BCUT2D eigenvalue weighted by Gasteiger charge is 2.24. The molecule has 0 amide bonds. The fraction of sp³-hybridized carbons (Fsp3) is 0.176. The molecule has 1 atom stereocenters. The Labute approximate surface area is 132 Å². The van der Waals surface area contributed by atoms with Crippen LogP contribution in [-0.2, 0) is 11.4 Å². The lowest BCUT2D eigenvalue weighted by atomic mass is 9.95. The number of hydrogen-bond acceptors (Lipinski definition) is 3. The molecule has 3 rings (SSSR count). The number of rotatable bonds is 2. The third kappa shape index (κ3) is 2.46. The number of carbonyl (C=O) groups is 2. The number of carbonyl (C=O) groups excluding carboxylic acids is 1. The maximum Gasteiger partial charge on any atom is 0.310 e. The third-order valence-electron chi connectivity index (χ3n) is 3.82. The summed E-state index contributed by atoms with van der Waals surface area (Å²) in [5, 5.41) is 9.64. The summed E-state index contributed by atoms with van der Waals surface area (Å²) in [4.78, 5) is 23.7. The van der Waals surface area contributed by atoms with E-state index in [0.29, 0.717) is 27.5 Å². The van der Waals surface area contributed by atoms with E-state index in [1.807, 2.05) is 0 Å². The molecular formula is C17H13ClO4. The molecule has 0 aromatic heterocycles. The van der Waals surface area contributed by atoms with Crippen molar-refractivity contribution in [2.24, 2.45) is 0 Å². The van der Waals surface area contributed by atoms with Gasteiger partial charge in [0, 0.05) is 16.1 Å². The fourth-order valence-electron chi connectivity index (χ4n) is 2.46. The Hall–Kier alpha value is -2.33. The van der Waals surface area contributed by atoms with Crippen LogP contribution in [0.3, 0.4) is 0 Å². The first-order chi connectivity index (χ1) is 10.5. The number of fused-ring (bicyclic) bond motifs is 2. The van der Waals surface area contributed by atoms with E-state index in [9.17, 15) is 9.59 Å². The van der Waals surface area contributed by atoms with Gasteiger partial charge in [0.15, 0.2) is 5.78 Å². The lowest BCUT2D eigenvalue weighted by Crippen LogP contribution is -2.08. The second-order valence-electron chi connectivity index (χ2n) is 5.23. The van der Waals surface area contributed by atoms with Gasteiger partial charge in [0.25, 0.3) is 0 Å². The molecule has 1 aliphatic heterocycles. The van der Waals surface area contributed by atoms with Crippen molar-refractivity contribution in [2.45, 2.75) is 19.4 Å². The average Bonchev–Trinajstić information content (AvgIpc) is 2.63. The van der Waals surface area contributed by atoms with Gasteiger partial charge in [-0.05, 0) is 42.8 Å². The van der Waals surface area contributed by atoms with Crippen molar-refractivity contribution in [1.82, 2.24) is 0 Å². The molecule has 2 aromatic carbocycles. The van der Waals surface area contributed by atoms with Crippen LogP contribution in [0.1, 0.15) is 39.9 Å². The van der Waals surface area contributed by atoms with Crippen LogP contribution in [-0.4, -0.2) is 16.9 Å². The summed E-state index contributed by atoms with van der Waals surface area (Å²) in [7, 11) is 0. The number of carboxylic acid groups (broad SMARTS) is 1. The van der Waals surface area contributed by atoms with Crippen molar-refractivity contribution in [1.29, 1.82) is 0 Å². The molecule has 0 bridgehead atoms. The van der Waals surface area contributed by atoms with E-state index in [0.717, 1.165) is 5.56 Å². The molecule has 2 aromatic rings. The number of aliphatic carboxylic acids is 1. The minimum atomic E-state index is -0.921. The van der Waals surface area contributed by atoms with E-state index in [2.05, 4.69) is 0 Å². The van der Waals surface area contributed by atoms with Crippen molar-refractivity contribution in [3.05, 3.63) is 63.7 Å². The standard InChI is InChI=1S/C17H13ClO4/c1-9(17(20)21)10-2-4-14-15(7-10)22-8-11-6-12(18)3-5-13(11)16(14)19/h2-7,9H,8H2,1H3,(H,20,21)/t9-/m1/s1. The third-order valence-corrected chi connectivity index (χ3v) is 4.05. The molecule has 0 fully saturated rings. The largest absolute Gasteiger partial charge is 0.488 e. The zero-order valence-electron chi connectivity index (χ0n) is 11.8. The molecule has 112 valence electrons. The van der Waals surface area contributed by atoms with E-state index >= 15 is 0 Å². The SMILES string of the molecule is C[C@@H](C(=O)O)c1ccc2c(c1)OCc1cc(Cl)ccc1C2=O. The molecule has 0 aliphatic carbocycles. The van der Waals surface area contributed by atoms with E-state index in [1.54, 1.807) is 43.3 Å². The number of carboxylic acids is 1. The van der Waals surface area contributed by atoms with Gasteiger partial charge >= 0.3 is 5.97 Å². The maximum absolute atomic E-state index is 12.6. The van der Waals surface area contributed by atoms with Gasteiger partial charge in [-0.15, -0.1) is 0 Å². The Bertz CT molecular complexity index is 782. The molecule has 1 aliphatic rings. The summed E-state index contributed by atoms with van der Waals surface area (Å²) in [5.74, 6) is -1.32. The van der Waals surface area contributed by atoms with Crippen LogP contribution in [0.25, 0.3) is 0 Å². The topological polar surface area (TPSA) is 63.6 Å². The predicted molar refractivity (Wildman–Crippen MR) is 81.7 cm³/mol. The number of ether oxygens (including phenoxy) is 1. The molecular weight excluding hydrogens is 304 g/mol. The minimum Gasteiger partial charge on any atom is -0.488 e. The lowest BCUT2D eigenvalue weighted by molar-refractivity contribution is -0.138. The molecule has 0 radical (unpaired) electrons. The zero-order chi connectivity index (χ0) is 15.9. The number of halogens is 1. The van der Waals surface area contributed by atoms with Crippen LogP contribution < -0.4 is 4.74 Å². The van der Waals surface area contributed by atoms with Gasteiger partial charge in [-0.1, -0.05) is 17.7 Å². The average molecular weight is 317 g/mol.